The average molecular weight is 261 g/mol. The third-order valence-electron chi connectivity index (χ3n) is 2.75. The predicted octanol–water partition coefficient (Wildman–Crippen LogP) is 3.93. The first-order valence-electron chi connectivity index (χ1n) is 5.85. The molecular formula is C15H16FNS. The quantitative estimate of drug-likeness (QED) is 0.844. The molecule has 0 spiro atoms. The highest BCUT2D eigenvalue weighted by Crippen LogP contribution is 2.23. The highest BCUT2D eigenvalue weighted by molar-refractivity contribution is 7.99. The number of hydrogen-bond acceptors (Lipinski definition) is 2. The van der Waals surface area contributed by atoms with Crippen molar-refractivity contribution in [1.29, 1.82) is 0 Å². The summed E-state index contributed by atoms with van der Waals surface area (Å²) in [5.74, 6) is 0.580. The van der Waals surface area contributed by atoms with Gasteiger partial charge in [-0.25, -0.2) is 4.39 Å². The zero-order chi connectivity index (χ0) is 13.0. The molecule has 2 aromatic rings. The monoisotopic (exact) mass is 261 g/mol. The zero-order valence-corrected chi connectivity index (χ0v) is 11.1. The number of rotatable bonds is 4. The molecule has 2 rings (SSSR count). The summed E-state index contributed by atoms with van der Waals surface area (Å²) in [5.41, 5.74) is 8.50. The number of hydrogen-bond donors (Lipinski definition) is 1. The summed E-state index contributed by atoms with van der Waals surface area (Å²) in [6.45, 7) is 2.06. The number of halogens is 1. The van der Waals surface area contributed by atoms with E-state index in [4.69, 9.17) is 5.73 Å². The summed E-state index contributed by atoms with van der Waals surface area (Å²) >= 11 is 1.64. The summed E-state index contributed by atoms with van der Waals surface area (Å²) in [7, 11) is 0. The summed E-state index contributed by atoms with van der Waals surface area (Å²) in [4.78, 5) is 1.04. The fourth-order valence-electron chi connectivity index (χ4n) is 1.63. The number of aryl methyl sites for hydroxylation is 1. The number of benzene rings is 2. The van der Waals surface area contributed by atoms with Crippen molar-refractivity contribution in [2.45, 2.75) is 17.9 Å². The lowest BCUT2D eigenvalue weighted by atomic mass is 10.1. The Labute approximate surface area is 111 Å². The van der Waals surface area contributed by atoms with Gasteiger partial charge in [-0.3, -0.25) is 0 Å². The van der Waals surface area contributed by atoms with E-state index in [9.17, 15) is 4.39 Å². The average Bonchev–Trinajstić information content (AvgIpc) is 2.38. The van der Waals surface area contributed by atoms with Crippen LogP contribution >= 0.6 is 11.8 Å². The van der Waals surface area contributed by atoms with Gasteiger partial charge in [0.25, 0.3) is 0 Å². The van der Waals surface area contributed by atoms with Gasteiger partial charge in [0.1, 0.15) is 5.82 Å². The first-order chi connectivity index (χ1) is 8.65. The molecule has 0 aliphatic carbocycles. The molecule has 0 aromatic heterocycles. The molecule has 2 N–H and O–H groups in total. The van der Waals surface area contributed by atoms with Gasteiger partial charge in [-0.1, -0.05) is 29.8 Å². The van der Waals surface area contributed by atoms with Crippen LogP contribution in [0.25, 0.3) is 0 Å². The second kappa shape index (κ2) is 6.03. The van der Waals surface area contributed by atoms with E-state index >= 15 is 0 Å². The first-order valence-corrected chi connectivity index (χ1v) is 6.84. The van der Waals surface area contributed by atoms with Crippen LogP contribution in [0.3, 0.4) is 0 Å². The van der Waals surface area contributed by atoms with Gasteiger partial charge in [-0.05, 0) is 36.8 Å². The van der Waals surface area contributed by atoms with Crippen LogP contribution in [0, 0.1) is 12.7 Å². The second-order valence-electron chi connectivity index (χ2n) is 4.28. The number of thioether (sulfide) groups is 1. The molecule has 18 heavy (non-hydrogen) atoms. The maximum atomic E-state index is 12.8. The molecule has 0 saturated heterocycles. The van der Waals surface area contributed by atoms with Crippen molar-refractivity contribution < 1.29 is 4.39 Å². The summed E-state index contributed by atoms with van der Waals surface area (Å²) in [5, 5.41) is 0. The van der Waals surface area contributed by atoms with E-state index in [2.05, 4.69) is 31.2 Å². The topological polar surface area (TPSA) is 26.0 Å². The lowest BCUT2D eigenvalue weighted by Crippen LogP contribution is -2.12. The molecule has 94 valence electrons. The van der Waals surface area contributed by atoms with Gasteiger partial charge in [0.15, 0.2) is 0 Å². The van der Waals surface area contributed by atoms with E-state index in [1.165, 1.54) is 17.7 Å². The molecule has 0 radical (unpaired) electrons. The lowest BCUT2D eigenvalue weighted by molar-refractivity contribution is 0.626. The lowest BCUT2D eigenvalue weighted by Gasteiger charge is -2.12. The van der Waals surface area contributed by atoms with E-state index in [1.54, 1.807) is 23.9 Å². The SMILES string of the molecule is Cc1ccc(C(N)CSc2ccc(F)cc2)cc1. The largest absolute Gasteiger partial charge is 0.323 e. The van der Waals surface area contributed by atoms with Crippen molar-refractivity contribution in [3.63, 3.8) is 0 Å². The van der Waals surface area contributed by atoms with Crippen LogP contribution in [0.15, 0.2) is 53.4 Å². The Balaban J connectivity index is 1.93. The molecule has 0 saturated carbocycles. The van der Waals surface area contributed by atoms with Crippen molar-refractivity contribution >= 4 is 11.8 Å². The molecule has 0 amide bonds. The van der Waals surface area contributed by atoms with Crippen LogP contribution < -0.4 is 5.73 Å². The molecule has 3 heteroatoms. The third kappa shape index (κ3) is 3.59. The molecule has 0 aliphatic heterocycles. The number of nitrogens with two attached hydrogens (primary N) is 1. The van der Waals surface area contributed by atoms with Gasteiger partial charge >= 0.3 is 0 Å². The van der Waals surface area contributed by atoms with Gasteiger partial charge in [-0.15, -0.1) is 11.8 Å². The van der Waals surface area contributed by atoms with E-state index in [-0.39, 0.29) is 11.9 Å². The molecule has 2 aromatic carbocycles. The molecule has 1 atom stereocenters. The Morgan fingerprint density at radius 1 is 1.06 bits per heavy atom. The van der Waals surface area contributed by atoms with E-state index in [0.717, 1.165) is 16.2 Å². The van der Waals surface area contributed by atoms with E-state index in [0.29, 0.717) is 0 Å². The minimum absolute atomic E-state index is 0.000605. The summed E-state index contributed by atoms with van der Waals surface area (Å²) in [6.07, 6.45) is 0. The van der Waals surface area contributed by atoms with E-state index < -0.39 is 0 Å². The van der Waals surface area contributed by atoms with Crippen molar-refractivity contribution in [3.05, 3.63) is 65.5 Å². The van der Waals surface area contributed by atoms with Gasteiger partial charge in [0.2, 0.25) is 0 Å². The van der Waals surface area contributed by atoms with Crippen LogP contribution in [-0.2, 0) is 0 Å². The fourth-order valence-corrected chi connectivity index (χ4v) is 2.52. The molecule has 0 bridgehead atoms. The molecule has 0 fully saturated rings. The minimum Gasteiger partial charge on any atom is -0.323 e. The predicted molar refractivity (Wildman–Crippen MR) is 75.2 cm³/mol. The van der Waals surface area contributed by atoms with E-state index in [1.807, 2.05) is 0 Å². The Morgan fingerprint density at radius 3 is 2.28 bits per heavy atom. The van der Waals surface area contributed by atoms with Crippen LogP contribution in [0.5, 0.6) is 0 Å². The third-order valence-corrected chi connectivity index (χ3v) is 3.88. The van der Waals surface area contributed by atoms with Crippen LogP contribution in [-0.4, -0.2) is 5.75 Å². The van der Waals surface area contributed by atoms with Gasteiger partial charge in [-0.2, -0.15) is 0 Å². The standard InChI is InChI=1S/C15H16FNS/c1-11-2-4-12(5-3-11)15(17)10-18-14-8-6-13(16)7-9-14/h2-9,15H,10,17H2,1H3. The van der Waals surface area contributed by atoms with Gasteiger partial charge in [0, 0.05) is 16.7 Å². The van der Waals surface area contributed by atoms with Crippen molar-refractivity contribution in [1.82, 2.24) is 0 Å². The van der Waals surface area contributed by atoms with Crippen LogP contribution in [0.2, 0.25) is 0 Å². The Bertz CT molecular complexity index is 493. The Kier molecular flexibility index (Phi) is 4.39. The smallest absolute Gasteiger partial charge is 0.123 e. The Hall–Kier alpha value is -1.32. The fraction of sp³-hybridized carbons (Fsp3) is 0.200. The van der Waals surface area contributed by atoms with Crippen LogP contribution in [0.1, 0.15) is 17.2 Å². The minimum atomic E-state index is -0.206. The molecule has 1 unspecified atom stereocenters. The van der Waals surface area contributed by atoms with Crippen molar-refractivity contribution in [3.8, 4) is 0 Å². The van der Waals surface area contributed by atoms with Gasteiger partial charge < -0.3 is 5.73 Å². The maximum Gasteiger partial charge on any atom is 0.123 e. The van der Waals surface area contributed by atoms with Gasteiger partial charge in [0.05, 0.1) is 0 Å². The van der Waals surface area contributed by atoms with Crippen molar-refractivity contribution in [2.24, 2.45) is 5.73 Å². The molecule has 0 heterocycles. The summed E-state index contributed by atoms with van der Waals surface area (Å²) in [6, 6.07) is 14.8. The normalized spacial score (nSPS) is 12.4. The van der Waals surface area contributed by atoms with Crippen molar-refractivity contribution in [2.75, 3.05) is 5.75 Å². The first kappa shape index (κ1) is 13.1. The highest BCUT2D eigenvalue weighted by Gasteiger charge is 2.06. The van der Waals surface area contributed by atoms with Crippen LogP contribution in [0.4, 0.5) is 4.39 Å². The second-order valence-corrected chi connectivity index (χ2v) is 5.38. The Morgan fingerprint density at radius 2 is 1.67 bits per heavy atom. The zero-order valence-electron chi connectivity index (χ0n) is 10.3. The molecule has 0 aliphatic rings. The molecule has 1 nitrogen and oxygen atoms in total. The maximum absolute atomic E-state index is 12.8. The highest BCUT2D eigenvalue weighted by atomic mass is 32.2. The summed E-state index contributed by atoms with van der Waals surface area (Å²) < 4.78 is 12.8. The molecular weight excluding hydrogens is 245 g/mol.